The van der Waals surface area contributed by atoms with Crippen molar-refractivity contribution in [1.82, 2.24) is 0 Å². The first-order chi connectivity index (χ1) is 28.6. The third-order valence-corrected chi connectivity index (χ3v) is 14.7. The fourth-order valence-electron chi connectivity index (χ4n) is 12.4. The third-order valence-electron chi connectivity index (χ3n) is 14.7. The molecule has 58 heavy (non-hydrogen) atoms. The van der Waals surface area contributed by atoms with Crippen LogP contribution in [0.1, 0.15) is 54.4 Å². The lowest BCUT2D eigenvalue weighted by Gasteiger charge is -2.61. The molecule has 4 fully saturated rings. The van der Waals surface area contributed by atoms with Crippen molar-refractivity contribution in [3.8, 4) is 33.4 Å². The molecule has 8 aromatic rings. The van der Waals surface area contributed by atoms with E-state index in [4.69, 9.17) is 10.7 Å². The topological polar surface area (TPSA) is 38.4 Å². The number of fused-ring (bicyclic) bond motifs is 6. The van der Waals surface area contributed by atoms with Gasteiger partial charge in [0.1, 0.15) is 0 Å². The van der Waals surface area contributed by atoms with Crippen molar-refractivity contribution in [1.29, 1.82) is 0 Å². The second-order valence-corrected chi connectivity index (χ2v) is 17.7. The first-order valence-electron chi connectivity index (χ1n) is 21.4. The number of aliphatic imine (C=N–C) groups is 1. The maximum Gasteiger partial charge on any atom is 0.0940 e. The maximum atomic E-state index is 6.62. The second kappa shape index (κ2) is 13.1. The van der Waals surface area contributed by atoms with Gasteiger partial charge in [-0.05, 0) is 146 Å². The summed E-state index contributed by atoms with van der Waals surface area (Å²) in [6.45, 7) is 0. The number of hydrogen-bond acceptors (Lipinski definition) is 2. The minimum Gasteiger partial charge on any atom is -0.397 e. The Morgan fingerprint density at radius 3 is 1.88 bits per heavy atom. The molecule has 5 aliphatic carbocycles. The van der Waals surface area contributed by atoms with Gasteiger partial charge >= 0.3 is 0 Å². The number of rotatable bonds is 6. The summed E-state index contributed by atoms with van der Waals surface area (Å²) >= 11 is 0. The van der Waals surface area contributed by atoms with Crippen LogP contribution < -0.4 is 5.73 Å². The zero-order valence-corrected chi connectivity index (χ0v) is 32.7. The van der Waals surface area contributed by atoms with E-state index >= 15 is 0 Å². The monoisotopic (exact) mass is 746 g/mol. The van der Waals surface area contributed by atoms with Crippen LogP contribution in [0, 0.1) is 23.7 Å². The fourth-order valence-corrected chi connectivity index (χ4v) is 12.4. The minimum absolute atomic E-state index is 0.147. The standard InChI is InChI=1S/C56H46N2/c57-52-26-23-41-12-5-7-16-48(41)55(52)58-53(32-35-9-2-1-3-10-35)44-14-8-13-42(33-44)38-17-19-39(20-18-38)43-22-25-51-50(34-43)49-24-21-40-11-4-6-15-47(40)54(49)56(51)45-28-36-27-37(30-45)31-46(56)29-36/h1-26,33-34,36-37,45-46H,27-32,57H2. The van der Waals surface area contributed by atoms with Gasteiger partial charge in [-0.15, -0.1) is 0 Å². The molecule has 1 spiro atoms. The van der Waals surface area contributed by atoms with Gasteiger partial charge in [0.05, 0.1) is 17.1 Å². The quantitative estimate of drug-likeness (QED) is 0.134. The van der Waals surface area contributed by atoms with E-state index < -0.39 is 0 Å². The fraction of sp³-hybridized carbons (Fsp3) is 0.196. The lowest BCUT2D eigenvalue weighted by Crippen LogP contribution is -2.55. The normalized spacial score (nSPS) is 22.8. The Morgan fingerprint density at radius 2 is 1.14 bits per heavy atom. The van der Waals surface area contributed by atoms with Gasteiger partial charge in [-0.1, -0.05) is 152 Å². The van der Waals surface area contributed by atoms with Gasteiger partial charge in [0, 0.05) is 17.2 Å². The third kappa shape index (κ3) is 5.20. The number of hydrogen-bond donors (Lipinski definition) is 1. The average molecular weight is 747 g/mol. The number of nitrogen functional groups attached to an aromatic ring is 1. The number of anilines is 1. The highest BCUT2D eigenvalue weighted by Gasteiger charge is 2.62. The van der Waals surface area contributed by atoms with Gasteiger partial charge in [-0.2, -0.15) is 0 Å². The van der Waals surface area contributed by atoms with Gasteiger partial charge in [-0.3, -0.25) is 0 Å². The van der Waals surface area contributed by atoms with Gasteiger partial charge in [0.15, 0.2) is 0 Å². The summed E-state index contributed by atoms with van der Waals surface area (Å²) in [6, 6.07) is 62.6. The van der Waals surface area contributed by atoms with Gasteiger partial charge in [0.25, 0.3) is 0 Å². The van der Waals surface area contributed by atoms with Crippen LogP contribution in [0.4, 0.5) is 11.4 Å². The van der Waals surface area contributed by atoms with Crippen molar-refractivity contribution in [2.45, 2.75) is 43.9 Å². The summed E-state index contributed by atoms with van der Waals surface area (Å²) in [5, 5.41) is 5.07. The van der Waals surface area contributed by atoms with Crippen LogP contribution in [0.15, 0.2) is 175 Å². The zero-order chi connectivity index (χ0) is 38.4. The first-order valence-corrected chi connectivity index (χ1v) is 21.4. The van der Waals surface area contributed by atoms with E-state index in [1.165, 1.54) is 81.8 Å². The molecule has 0 amide bonds. The molecule has 0 saturated heterocycles. The van der Waals surface area contributed by atoms with Crippen molar-refractivity contribution in [2.24, 2.45) is 28.7 Å². The van der Waals surface area contributed by atoms with Crippen LogP contribution in [0.2, 0.25) is 0 Å². The average Bonchev–Trinajstić information content (AvgIpc) is 3.57. The van der Waals surface area contributed by atoms with Crippen molar-refractivity contribution >= 4 is 38.6 Å². The highest BCUT2D eigenvalue weighted by atomic mass is 14.8. The predicted octanol–water partition coefficient (Wildman–Crippen LogP) is 14.0. The maximum absolute atomic E-state index is 6.62. The highest BCUT2D eigenvalue weighted by molar-refractivity contribution is 6.08. The molecule has 2 heteroatoms. The summed E-state index contributed by atoms with van der Waals surface area (Å²) in [4.78, 5) is 5.35. The van der Waals surface area contributed by atoms with E-state index in [1.807, 2.05) is 6.07 Å². The van der Waals surface area contributed by atoms with Gasteiger partial charge in [-0.25, -0.2) is 4.99 Å². The van der Waals surface area contributed by atoms with Crippen molar-refractivity contribution in [3.63, 3.8) is 0 Å². The highest BCUT2D eigenvalue weighted by Crippen LogP contribution is 2.70. The summed E-state index contributed by atoms with van der Waals surface area (Å²) in [5.41, 5.74) is 22.7. The Hall–Kier alpha value is -6.25. The Kier molecular flexibility index (Phi) is 7.67. The lowest BCUT2D eigenvalue weighted by molar-refractivity contribution is -0.0393. The summed E-state index contributed by atoms with van der Waals surface area (Å²) < 4.78 is 0. The molecule has 5 aliphatic rings. The van der Waals surface area contributed by atoms with Crippen molar-refractivity contribution < 1.29 is 0 Å². The lowest BCUT2D eigenvalue weighted by atomic mass is 9.43. The first kappa shape index (κ1) is 33.8. The van der Waals surface area contributed by atoms with Crippen LogP contribution in [0.5, 0.6) is 0 Å². The summed E-state index contributed by atoms with van der Waals surface area (Å²) in [7, 11) is 0. The zero-order valence-electron chi connectivity index (χ0n) is 32.7. The van der Waals surface area contributed by atoms with Crippen LogP contribution in [0.25, 0.3) is 54.9 Å². The molecule has 0 unspecified atom stereocenters. The number of nitrogens with zero attached hydrogens (tertiary/aromatic N) is 1. The summed E-state index contributed by atoms with van der Waals surface area (Å²) in [6.07, 6.45) is 7.77. The van der Waals surface area contributed by atoms with Crippen LogP contribution in [-0.4, -0.2) is 5.71 Å². The minimum atomic E-state index is 0.147. The van der Waals surface area contributed by atoms with Gasteiger partial charge in [0.2, 0.25) is 0 Å². The molecule has 13 rings (SSSR count). The van der Waals surface area contributed by atoms with Gasteiger partial charge < -0.3 is 5.73 Å². The molecular formula is C56H46N2. The predicted molar refractivity (Wildman–Crippen MR) is 243 cm³/mol. The Balaban J connectivity index is 0.918. The Labute approximate surface area is 341 Å². The van der Waals surface area contributed by atoms with E-state index in [0.29, 0.717) is 12.1 Å². The summed E-state index contributed by atoms with van der Waals surface area (Å²) in [5.74, 6) is 3.36. The molecule has 0 radical (unpaired) electrons. The number of nitrogens with two attached hydrogens (primary N) is 1. The van der Waals surface area contributed by atoms with E-state index in [0.717, 1.165) is 51.4 Å². The molecule has 0 heterocycles. The van der Waals surface area contributed by atoms with Crippen LogP contribution >= 0.6 is 0 Å². The molecule has 2 N–H and O–H groups in total. The van der Waals surface area contributed by atoms with E-state index in [2.05, 4.69) is 164 Å². The molecule has 280 valence electrons. The van der Waals surface area contributed by atoms with E-state index in [9.17, 15) is 0 Å². The van der Waals surface area contributed by atoms with Crippen molar-refractivity contribution in [3.05, 3.63) is 192 Å². The smallest absolute Gasteiger partial charge is 0.0940 e. The molecule has 0 atom stereocenters. The largest absolute Gasteiger partial charge is 0.397 e. The molecule has 0 aliphatic heterocycles. The SMILES string of the molecule is Nc1ccc2ccccc2c1N=C(Cc1ccccc1)c1cccc(-c2ccc(-c3ccc4c(c3)-c3ccc5ccccc5c3C43C4CC5CC(C4)CC3C5)cc2)c1. The van der Waals surface area contributed by atoms with E-state index in [1.54, 1.807) is 11.1 Å². The Bertz CT molecular complexity index is 2910. The Morgan fingerprint density at radius 1 is 0.517 bits per heavy atom. The molecule has 2 nitrogen and oxygen atoms in total. The molecule has 8 aromatic carbocycles. The molecule has 0 aromatic heterocycles. The van der Waals surface area contributed by atoms with Crippen LogP contribution in [-0.2, 0) is 11.8 Å². The molecule has 4 bridgehead atoms. The number of benzene rings is 8. The molecular weight excluding hydrogens is 701 g/mol. The van der Waals surface area contributed by atoms with Crippen molar-refractivity contribution in [2.75, 3.05) is 5.73 Å². The van der Waals surface area contributed by atoms with E-state index in [-0.39, 0.29) is 5.41 Å². The van der Waals surface area contributed by atoms with Crippen LogP contribution in [0.3, 0.4) is 0 Å². The molecule has 4 saturated carbocycles. The second-order valence-electron chi connectivity index (χ2n) is 17.7.